The van der Waals surface area contributed by atoms with E-state index in [1.165, 1.54) is 0 Å². The van der Waals surface area contributed by atoms with E-state index in [4.69, 9.17) is 11.6 Å². The number of rotatable bonds is 4. The predicted molar refractivity (Wildman–Crippen MR) is 58.0 cm³/mol. The number of thioether (sulfide) groups is 1. The standard InChI is InChI=1S/C9H13ClN2S/c1-7(2)13-6-9-11-4-3-8(5-10)12-9/h3-4,7H,5-6H2,1-2H3. The number of hydrogen-bond acceptors (Lipinski definition) is 3. The average molecular weight is 217 g/mol. The van der Waals surface area contributed by atoms with Gasteiger partial charge in [0.15, 0.2) is 0 Å². The molecule has 0 N–H and O–H groups in total. The largest absolute Gasteiger partial charge is 0.240 e. The van der Waals surface area contributed by atoms with Gasteiger partial charge in [0, 0.05) is 6.20 Å². The highest BCUT2D eigenvalue weighted by molar-refractivity contribution is 7.99. The van der Waals surface area contributed by atoms with E-state index in [0.717, 1.165) is 17.3 Å². The number of aromatic nitrogens is 2. The fourth-order valence-electron chi connectivity index (χ4n) is 0.826. The predicted octanol–water partition coefficient (Wildman–Crippen LogP) is 2.86. The van der Waals surface area contributed by atoms with Gasteiger partial charge in [0.05, 0.1) is 17.3 Å². The van der Waals surface area contributed by atoms with Crippen molar-refractivity contribution in [2.24, 2.45) is 0 Å². The van der Waals surface area contributed by atoms with Gasteiger partial charge >= 0.3 is 0 Å². The van der Waals surface area contributed by atoms with E-state index in [0.29, 0.717) is 11.1 Å². The molecular weight excluding hydrogens is 204 g/mol. The third-order valence-corrected chi connectivity index (χ3v) is 2.81. The Morgan fingerprint density at radius 2 is 2.31 bits per heavy atom. The Balaban J connectivity index is 2.56. The van der Waals surface area contributed by atoms with Crippen LogP contribution in [0.5, 0.6) is 0 Å². The summed E-state index contributed by atoms with van der Waals surface area (Å²) >= 11 is 7.50. The van der Waals surface area contributed by atoms with Crippen molar-refractivity contribution in [1.82, 2.24) is 9.97 Å². The molecule has 0 aliphatic heterocycles. The van der Waals surface area contributed by atoms with E-state index >= 15 is 0 Å². The van der Waals surface area contributed by atoms with Crippen LogP contribution >= 0.6 is 23.4 Å². The summed E-state index contributed by atoms with van der Waals surface area (Å²) in [5, 5.41) is 0.614. The molecule has 0 unspecified atom stereocenters. The summed E-state index contributed by atoms with van der Waals surface area (Å²) in [6, 6.07) is 1.84. The Hall–Kier alpha value is -0.280. The first-order chi connectivity index (χ1) is 6.22. The summed E-state index contributed by atoms with van der Waals surface area (Å²) in [5.74, 6) is 2.20. The van der Waals surface area contributed by atoms with Crippen LogP contribution in [0.1, 0.15) is 25.4 Å². The molecule has 0 amide bonds. The third-order valence-electron chi connectivity index (χ3n) is 1.45. The SMILES string of the molecule is CC(C)SCc1nccc(CCl)n1. The Labute approximate surface area is 88.1 Å². The van der Waals surface area contributed by atoms with Gasteiger partial charge in [0.1, 0.15) is 5.82 Å². The molecule has 0 radical (unpaired) electrons. The molecule has 0 saturated heterocycles. The highest BCUT2D eigenvalue weighted by Gasteiger charge is 2.00. The lowest BCUT2D eigenvalue weighted by Gasteiger charge is -2.03. The average Bonchev–Trinajstić information content (AvgIpc) is 2.15. The molecule has 13 heavy (non-hydrogen) atoms. The Morgan fingerprint density at radius 3 is 2.92 bits per heavy atom. The maximum Gasteiger partial charge on any atom is 0.138 e. The molecule has 0 fully saturated rings. The van der Waals surface area contributed by atoms with Gasteiger partial charge in [-0.2, -0.15) is 11.8 Å². The van der Waals surface area contributed by atoms with Crippen LogP contribution in [0.2, 0.25) is 0 Å². The van der Waals surface area contributed by atoms with E-state index in [1.807, 2.05) is 17.8 Å². The van der Waals surface area contributed by atoms with Crippen LogP contribution in [0.4, 0.5) is 0 Å². The van der Waals surface area contributed by atoms with Gasteiger partial charge in [0.25, 0.3) is 0 Å². The second-order valence-electron chi connectivity index (χ2n) is 2.96. The van der Waals surface area contributed by atoms with Crippen molar-refractivity contribution in [2.75, 3.05) is 0 Å². The van der Waals surface area contributed by atoms with E-state index in [9.17, 15) is 0 Å². The van der Waals surface area contributed by atoms with Crippen LogP contribution in [-0.4, -0.2) is 15.2 Å². The lowest BCUT2D eigenvalue weighted by Crippen LogP contribution is -1.97. The summed E-state index contributed by atoms with van der Waals surface area (Å²) < 4.78 is 0. The molecular formula is C9H13ClN2S. The maximum atomic E-state index is 5.66. The van der Waals surface area contributed by atoms with Crippen molar-refractivity contribution in [2.45, 2.75) is 30.7 Å². The van der Waals surface area contributed by atoms with Crippen LogP contribution in [0.3, 0.4) is 0 Å². The molecule has 72 valence electrons. The molecule has 0 spiro atoms. The zero-order valence-electron chi connectivity index (χ0n) is 7.83. The first kappa shape index (κ1) is 10.8. The van der Waals surface area contributed by atoms with E-state index in [-0.39, 0.29) is 0 Å². The minimum atomic E-state index is 0.460. The monoisotopic (exact) mass is 216 g/mol. The van der Waals surface area contributed by atoms with Crippen LogP contribution in [-0.2, 0) is 11.6 Å². The molecule has 1 aromatic heterocycles. The van der Waals surface area contributed by atoms with Crippen molar-refractivity contribution in [3.63, 3.8) is 0 Å². The van der Waals surface area contributed by atoms with Crippen molar-refractivity contribution in [1.29, 1.82) is 0 Å². The van der Waals surface area contributed by atoms with Crippen LogP contribution in [0.15, 0.2) is 12.3 Å². The van der Waals surface area contributed by atoms with Gasteiger partial charge in [-0.05, 0) is 11.3 Å². The van der Waals surface area contributed by atoms with Crippen molar-refractivity contribution < 1.29 is 0 Å². The topological polar surface area (TPSA) is 25.8 Å². The molecule has 0 aliphatic carbocycles. The van der Waals surface area contributed by atoms with E-state index < -0.39 is 0 Å². The Bertz CT molecular complexity index is 266. The van der Waals surface area contributed by atoms with Gasteiger partial charge in [0.2, 0.25) is 0 Å². The van der Waals surface area contributed by atoms with E-state index in [1.54, 1.807) is 6.20 Å². The smallest absolute Gasteiger partial charge is 0.138 e. The summed E-state index contributed by atoms with van der Waals surface area (Å²) in [7, 11) is 0. The van der Waals surface area contributed by atoms with Gasteiger partial charge < -0.3 is 0 Å². The van der Waals surface area contributed by atoms with Gasteiger partial charge in [-0.15, -0.1) is 11.6 Å². The zero-order chi connectivity index (χ0) is 9.68. The molecule has 0 aliphatic rings. The van der Waals surface area contributed by atoms with Crippen LogP contribution in [0, 0.1) is 0 Å². The zero-order valence-corrected chi connectivity index (χ0v) is 9.40. The van der Waals surface area contributed by atoms with Crippen LogP contribution in [0.25, 0.3) is 0 Å². The molecule has 0 saturated carbocycles. The molecule has 2 nitrogen and oxygen atoms in total. The summed E-state index contributed by atoms with van der Waals surface area (Å²) in [6.07, 6.45) is 1.76. The highest BCUT2D eigenvalue weighted by atomic mass is 35.5. The van der Waals surface area contributed by atoms with Crippen molar-refractivity contribution in [3.05, 3.63) is 23.8 Å². The molecule has 1 rings (SSSR count). The maximum absolute atomic E-state index is 5.66. The molecule has 0 bridgehead atoms. The number of alkyl halides is 1. The van der Waals surface area contributed by atoms with Crippen molar-refractivity contribution >= 4 is 23.4 Å². The molecule has 4 heteroatoms. The third kappa shape index (κ3) is 3.96. The Kier molecular flexibility index (Phi) is 4.53. The van der Waals surface area contributed by atoms with Gasteiger partial charge in [-0.25, -0.2) is 9.97 Å². The lowest BCUT2D eigenvalue weighted by molar-refractivity contribution is 0.980. The minimum Gasteiger partial charge on any atom is -0.240 e. The second-order valence-corrected chi connectivity index (χ2v) is 4.79. The normalized spacial score (nSPS) is 10.8. The molecule has 0 aromatic carbocycles. The highest BCUT2D eigenvalue weighted by Crippen LogP contribution is 2.14. The summed E-state index contributed by atoms with van der Waals surface area (Å²) in [4.78, 5) is 8.47. The number of nitrogens with zero attached hydrogens (tertiary/aromatic N) is 2. The van der Waals surface area contributed by atoms with E-state index in [2.05, 4.69) is 23.8 Å². The first-order valence-corrected chi connectivity index (χ1v) is 5.79. The first-order valence-electron chi connectivity index (χ1n) is 4.20. The molecule has 1 heterocycles. The number of halogens is 1. The van der Waals surface area contributed by atoms with Gasteiger partial charge in [-0.3, -0.25) is 0 Å². The summed E-state index contributed by atoms with van der Waals surface area (Å²) in [5.41, 5.74) is 0.899. The fraction of sp³-hybridized carbons (Fsp3) is 0.556. The minimum absolute atomic E-state index is 0.460. The van der Waals surface area contributed by atoms with Gasteiger partial charge in [-0.1, -0.05) is 13.8 Å². The Morgan fingerprint density at radius 1 is 1.54 bits per heavy atom. The van der Waals surface area contributed by atoms with Crippen molar-refractivity contribution in [3.8, 4) is 0 Å². The van der Waals surface area contributed by atoms with Crippen LogP contribution < -0.4 is 0 Å². The molecule has 0 atom stereocenters. The quantitative estimate of drug-likeness (QED) is 0.724. The summed E-state index contributed by atoms with van der Waals surface area (Å²) in [6.45, 7) is 4.33. The lowest BCUT2D eigenvalue weighted by atomic mass is 10.4. The second kappa shape index (κ2) is 5.45. The fourth-order valence-corrected chi connectivity index (χ4v) is 1.60. The number of hydrogen-bond donors (Lipinski definition) is 0. The molecule has 1 aromatic rings.